The molecule has 1 aliphatic heterocycles. The predicted molar refractivity (Wildman–Crippen MR) is 103 cm³/mol. The van der Waals surface area contributed by atoms with Crippen molar-refractivity contribution in [2.75, 3.05) is 51.8 Å². The van der Waals surface area contributed by atoms with E-state index in [1.165, 1.54) is 12.1 Å². The fourth-order valence-corrected chi connectivity index (χ4v) is 3.40. The molecule has 0 bridgehead atoms. The fraction of sp³-hybridized carbons (Fsp3) is 0.429. The molecule has 0 amide bonds. The molecule has 2 aromatic rings. The van der Waals surface area contributed by atoms with Gasteiger partial charge in [-0.15, -0.1) is 0 Å². The lowest BCUT2D eigenvalue weighted by Gasteiger charge is -2.22. The number of hydrogen-bond acceptors (Lipinski definition) is 4. The van der Waals surface area contributed by atoms with Crippen molar-refractivity contribution in [2.24, 2.45) is 5.92 Å². The van der Waals surface area contributed by atoms with E-state index >= 15 is 0 Å². The molecule has 4 heteroatoms. The maximum atomic E-state index is 5.84. The topological polar surface area (TPSA) is 24.9 Å². The van der Waals surface area contributed by atoms with Crippen molar-refractivity contribution >= 4 is 5.69 Å². The summed E-state index contributed by atoms with van der Waals surface area (Å²) in [5, 5.41) is 0. The minimum Gasteiger partial charge on any atom is -0.497 e. The maximum Gasteiger partial charge on any atom is 0.123 e. The Morgan fingerprint density at radius 2 is 1.88 bits per heavy atom. The Morgan fingerprint density at radius 3 is 2.68 bits per heavy atom. The zero-order chi connectivity index (χ0) is 17.5. The Bertz CT molecular complexity index is 647. The molecule has 1 saturated heterocycles. The second kappa shape index (κ2) is 8.77. The van der Waals surface area contributed by atoms with Gasteiger partial charge in [-0.3, -0.25) is 0 Å². The summed E-state index contributed by atoms with van der Waals surface area (Å²) in [4.78, 5) is 4.87. The van der Waals surface area contributed by atoms with Crippen LogP contribution < -0.4 is 14.4 Å². The average Bonchev–Trinajstić information content (AvgIpc) is 3.11. The lowest BCUT2D eigenvalue weighted by Crippen LogP contribution is -2.31. The summed E-state index contributed by atoms with van der Waals surface area (Å²) in [5.41, 5.74) is 1.34. The summed E-state index contributed by atoms with van der Waals surface area (Å²) in [5.74, 6) is 2.42. The highest BCUT2D eigenvalue weighted by Gasteiger charge is 2.23. The average molecular weight is 340 g/mol. The first-order valence-corrected chi connectivity index (χ1v) is 9.00. The van der Waals surface area contributed by atoms with Gasteiger partial charge in [-0.2, -0.15) is 0 Å². The zero-order valence-corrected chi connectivity index (χ0v) is 15.2. The lowest BCUT2D eigenvalue weighted by molar-refractivity contribution is 0.218. The van der Waals surface area contributed by atoms with E-state index in [1.54, 1.807) is 7.11 Å². The number of benzene rings is 2. The molecule has 0 aromatic heterocycles. The molecule has 25 heavy (non-hydrogen) atoms. The van der Waals surface area contributed by atoms with Gasteiger partial charge in [0.2, 0.25) is 0 Å². The van der Waals surface area contributed by atoms with E-state index in [0.29, 0.717) is 6.61 Å². The molecule has 0 saturated carbocycles. The molecule has 1 unspecified atom stereocenters. The van der Waals surface area contributed by atoms with Crippen molar-refractivity contribution in [2.45, 2.75) is 6.42 Å². The minimum atomic E-state index is 0.693. The summed E-state index contributed by atoms with van der Waals surface area (Å²) in [6.07, 6.45) is 1.26. The van der Waals surface area contributed by atoms with Crippen molar-refractivity contribution in [1.29, 1.82) is 0 Å². The smallest absolute Gasteiger partial charge is 0.123 e. The fourth-order valence-electron chi connectivity index (χ4n) is 3.40. The van der Waals surface area contributed by atoms with E-state index in [2.05, 4.69) is 47.2 Å². The van der Waals surface area contributed by atoms with E-state index < -0.39 is 0 Å². The second-order valence-electron chi connectivity index (χ2n) is 6.73. The van der Waals surface area contributed by atoms with Crippen molar-refractivity contribution < 1.29 is 9.47 Å². The van der Waals surface area contributed by atoms with E-state index in [0.717, 1.165) is 43.6 Å². The lowest BCUT2D eigenvalue weighted by atomic mass is 10.1. The van der Waals surface area contributed by atoms with Crippen LogP contribution in [0.2, 0.25) is 0 Å². The van der Waals surface area contributed by atoms with Crippen LogP contribution in [0.4, 0.5) is 5.69 Å². The number of likely N-dealkylation sites (N-methyl/N-ethyl adjacent to an activating group) is 1. The van der Waals surface area contributed by atoms with Gasteiger partial charge < -0.3 is 19.3 Å². The number of anilines is 1. The largest absolute Gasteiger partial charge is 0.497 e. The quantitative estimate of drug-likeness (QED) is 0.734. The van der Waals surface area contributed by atoms with Gasteiger partial charge in [-0.25, -0.2) is 0 Å². The Kier molecular flexibility index (Phi) is 6.18. The molecule has 4 nitrogen and oxygen atoms in total. The molecule has 1 heterocycles. The number of rotatable bonds is 8. The predicted octanol–water partition coefficient (Wildman–Crippen LogP) is 3.53. The Labute approximate surface area is 151 Å². The minimum absolute atomic E-state index is 0.693. The molecule has 1 fully saturated rings. The van der Waals surface area contributed by atoms with E-state index in [1.807, 2.05) is 24.3 Å². The highest BCUT2D eigenvalue weighted by atomic mass is 16.5. The zero-order valence-electron chi connectivity index (χ0n) is 15.2. The number of hydrogen-bond donors (Lipinski definition) is 0. The van der Waals surface area contributed by atoms with Crippen LogP contribution in [0, 0.1) is 5.92 Å². The molecule has 0 aliphatic carbocycles. The van der Waals surface area contributed by atoms with Crippen LogP contribution >= 0.6 is 0 Å². The normalized spacial score (nSPS) is 17.1. The first-order valence-electron chi connectivity index (χ1n) is 9.00. The van der Waals surface area contributed by atoms with Crippen LogP contribution in [-0.4, -0.2) is 51.8 Å². The SMILES string of the molecule is COc1cccc(OCCN(C)CC2CCN(c3ccccc3)C2)c1. The van der Waals surface area contributed by atoms with Crippen molar-refractivity contribution in [3.8, 4) is 11.5 Å². The summed E-state index contributed by atoms with van der Waals surface area (Å²) in [6, 6.07) is 18.5. The Balaban J connectivity index is 1.39. The van der Waals surface area contributed by atoms with Crippen LogP contribution in [0.5, 0.6) is 11.5 Å². The maximum absolute atomic E-state index is 5.84. The van der Waals surface area contributed by atoms with Gasteiger partial charge in [0.05, 0.1) is 7.11 Å². The molecule has 0 spiro atoms. The summed E-state index contributed by atoms with van der Waals surface area (Å²) < 4.78 is 11.1. The number of methoxy groups -OCH3 is 1. The Morgan fingerprint density at radius 1 is 1.08 bits per heavy atom. The molecule has 0 N–H and O–H groups in total. The molecule has 1 aliphatic rings. The van der Waals surface area contributed by atoms with Gasteiger partial charge in [0.1, 0.15) is 18.1 Å². The third-order valence-corrected chi connectivity index (χ3v) is 4.76. The monoisotopic (exact) mass is 340 g/mol. The van der Waals surface area contributed by atoms with Gasteiger partial charge in [0, 0.05) is 37.9 Å². The van der Waals surface area contributed by atoms with Crippen LogP contribution in [0.15, 0.2) is 54.6 Å². The van der Waals surface area contributed by atoms with Crippen LogP contribution in [0.25, 0.3) is 0 Å². The van der Waals surface area contributed by atoms with Gasteiger partial charge >= 0.3 is 0 Å². The van der Waals surface area contributed by atoms with E-state index in [-0.39, 0.29) is 0 Å². The molecule has 2 aromatic carbocycles. The van der Waals surface area contributed by atoms with Crippen LogP contribution in [0.1, 0.15) is 6.42 Å². The summed E-state index contributed by atoms with van der Waals surface area (Å²) in [7, 11) is 3.85. The van der Waals surface area contributed by atoms with Gasteiger partial charge in [0.25, 0.3) is 0 Å². The van der Waals surface area contributed by atoms with E-state index in [4.69, 9.17) is 9.47 Å². The van der Waals surface area contributed by atoms with Crippen molar-refractivity contribution in [1.82, 2.24) is 4.90 Å². The summed E-state index contributed by atoms with van der Waals surface area (Å²) in [6.45, 7) is 5.04. The van der Waals surface area contributed by atoms with Crippen LogP contribution in [0.3, 0.4) is 0 Å². The third-order valence-electron chi connectivity index (χ3n) is 4.76. The molecule has 134 valence electrons. The Hall–Kier alpha value is -2.20. The number of para-hydroxylation sites is 1. The summed E-state index contributed by atoms with van der Waals surface area (Å²) >= 11 is 0. The second-order valence-corrected chi connectivity index (χ2v) is 6.73. The van der Waals surface area contributed by atoms with Crippen molar-refractivity contribution in [3.05, 3.63) is 54.6 Å². The van der Waals surface area contributed by atoms with E-state index in [9.17, 15) is 0 Å². The molecule has 0 radical (unpaired) electrons. The van der Waals surface area contributed by atoms with Gasteiger partial charge in [0.15, 0.2) is 0 Å². The molecular weight excluding hydrogens is 312 g/mol. The first kappa shape index (κ1) is 17.6. The highest BCUT2D eigenvalue weighted by Crippen LogP contribution is 2.24. The molecule has 1 atom stereocenters. The first-order chi connectivity index (χ1) is 12.2. The van der Waals surface area contributed by atoms with Gasteiger partial charge in [-0.05, 0) is 43.7 Å². The molecular formula is C21H28N2O2. The molecule has 3 rings (SSSR count). The standard InChI is InChI=1S/C21H28N2O2/c1-22(13-14-25-21-10-6-9-20(15-21)24-2)16-18-11-12-23(17-18)19-7-4-3-5-8-19/h3-10,15,18H,11-14,16-17H2,1-2H3. The van der Waals surface area contributed by atoms with Gasteiger partial charge in [-0.1, -0.05) is 24.3 Å². The van der Waals surface area contributed by atoms with Crippen LogP contribution in [-0.2, 0) is 0 Å². The number of nitrogens with zero attached hydrogens (tertiary/aromatic N) is 2. The third kappa shape index (κ3) is 5.13. The number of ether oxygens (including phenoxy) is 2. The van der Waals surface area contributed by atoms with Crippen molar-refractivity contribution in [3.63, 3.8) is 0 Å². The highest BCUT2D eigenvalue weighted by molar-refractivity contribution is 5.46.